The van der Waals surface area contributed by atoms with Crippen molar-refractivity contribution in [3.63, 3.8) is 0 Å². The van der Waals surface area contributed by atoms with E-state index in [1.807, 2.05) is 0 Å². The van der Waals surface area contributed by atoms with Crippen molar-refractivity contribution in [2.24, 2.45) is 0 Å². The molecule has 0 atom stereocenters. The number of rotatable bonds is 5. The van der Waals surface area contributed by atoms with Gasteiger partial charge in [0.15, 0.2) is 0 Å². The number of amides is 1. The summed E-state index contributed by atoms with van der Waals surface area (Å²) in [7, 11) is -2.22. The number of aliphatic hydroxyl groups excluding tert-OH is 1. The molecule has 0 spiro atoms. The standard InChI is InChI=1S/C12H18N2O4S/c1-12(2,8-15)14-19(17,18)10-6-4-9(5-7-10)11(16)13-3/h4-7,14-15H,8H2,1-3H3,(H,13,16). The molecule has 0 aromatic heterocycles. The summed E-state index contributed by atoms with van der Waals surface area (Å²) in [5, 5.41) is 11.5. The van der Waals surface area contributed by atoms with E-state index in [9.17, 15) is 13.2 Å². The zero-order valence-corrected chi connectivity index (χ0v) is 11.9. The number of aliphatic hydroxyl groups is 1. The van der Waals surface area contributed by atoms with Gasteiger partial charge in [-0.15, -0.1) is 0 Å². The van der Waals surface area contributed by atoms with Gasteiger partial charge in [-0.1, -0.05) is 0 Å². The first-order valence-electron chi connectivity index (χ1n) is 5.69. The smallest absolute Gasteiger partial charge is 0.251 e. The van der Waals surface area contributed by atoms with E-state index in [1.165, 1.54) is 31.3 Å². The Morgan fingerprint density at radius 3 is 2.21 bits per heavy atom. The topological polar surface area (TPSA) is 95.5 Å². The fourth-order valence-electron chi connectivity index (χ4n) is 1.38. The van der Waals surface area contributed by atoms with Crippen molar-refractivity contribution in [1.29, 1.82) is 0 Å². The lowest BCUT2D eigenvalue weighted by Gasteiger charge is -2.23. The third kappa shape index (κ3) is 4.02. The maximum atomic E-state index is 12.0. The van der Waals surface area contributed by atoms with Crippen LogP contribution < -0.4 is 10.0 Å². The molecule has 1 aromatic carbocycles. The molecule has 0 radical (unpaired) electrons. The maximum Gasteiger partial charge on any atom is 0.251 e. The summed E-state index contributed by atoms with van der Waals surface area (Å²) >= 11 is 0. The molecule has 0 saturated carbocycles. The van der Waals surface area contributed by atoms with Crippen LogP contribution in [0, 0.1) is 0 Å². The molecule has 0 bridgehead atoms. The number of hydrogen-bond acceptors (Lipinski definition) is 4. The number of carbonyl (C=O) groups is 1. The summed E-state index contributed by atoms with van der Waals surface area (Å²) in [4.78, 5) is 11.4. The summed E-state index contributed by atoms with van der Waals surface area (Å²) in [6, 6.07) is 5.55. The highest BCUT2D eigenvalue weighted by molar-refractivity contribution is 7.89. The molecule has 0 aliphatic carbocycles. The average molecular weight is 286 g/mol. The van der Waals surface area contributed by atoms with Crippen LogP contribution in [0.5, 0.6) is 0 Å². The van der Waals surface area contributed by atoms with Gasteiger partial charge in [0.1, 0.15) is 0 Å². The summed E-state index contributed by atoms with van der Waals surface area (Å²) in [6.45, 7) is 2.83. The largest absolute Gasteiger partial charge is 0.394 e. The third-order valence-electron chi connectivity index (χ3n) is 2.46. The molecule has 0 aliphatic rings. The summed E-state index contributed by atoms with van der Waals surface area (Å²) < 4.78 is 26.5. The van der Waals surface area contributed by atoms with Gasteiger partial charge in [-0.25, -0.2) is 13.1 Å². The number of carbonyl (C=O) groups excluding carboxylic acids is 1. The molecule has 6 nitrogen and oxygen atoms in total. The van der Waals surface area contributed by atoms with Crippen LogP contribution in [0.4, 0.5) is 0 Å². The predicted octanol–water partition coefficient (Wildman–Crippen LogP) is 0.0954. The van der Waals surface area contributed by atoms with Crippen molar-refractivity contribution in [3.8, 4) is 0 Å². The van der Waals surface area contributed by atoms with E-state index in [2.05, 4.69) is 10.0 Å². The molecule has 0 fully saturated rings. The lowest BCUT2D eigenvalue weighted by Crippen LogP contribution is -2.46. The molecule has 1 rings (SSSR count). The number of nitrogens with one attached hydrogen (secondary N) is 2. The van der Waals surface area contributed by atoms with Gasteiger partial charge < -0.3 is 10.4 Å². The minimum atomic E-state index is -3.72. The molecular formula is C12H18N2O4S. The van der Waals surface area contributed by atoms with Gasteiger partial charge in [-0.3, -0.25) is 4.79 Å². The van der Waals surface area contributed by atoms with Crippen molar-refractivity contribution in [1.82, 2.24) is 10.0 Å². The van der Waals surface area contributed by atoms with Gasteiger partial charge >= 0.3 is 0 Å². The van der Waals surface area contributed by atoms with E-state index >= 15 is 0 Å². The van der Waals surface area contributed by atoms with Crippen molar-refractivity contribution >= 4 is 15.9 Å². The van der Waals surface area contributed by atoms with Crippen LogP contribution in [0.15, 0.2) is 29.2 Å². The van der Waals surface area contributed by atoms with E-state index < -0.39 is 15.6 Å². The Morgan fingerprint density at radius 2 is 1.79 bits per heavy atom. The number of sulfonamides is 1. The van der Waals surface area contributed by atoms with Gasteiger partial charge in [0.25, 0.3) is 5.91 Å². The Balaban J connectivity index is 3.01. The molecule has 1 aromatic rings. The molecule has 0 saturated heterocycles. The highest BCUT2D eigenvalue weighted by Gasteiger charge is 2.25. The zero-order chi connectivity index (χ0) is 14.7. The minimum absolute atomic E-state index is 0.0432. The number of hydrogen-bond donors (Lipinski definition) is 3. The highest BCUT2D eigenvalue weighted by Crippen LogP contribution is 2.14. The van der Waals surface area contributed by atoms with Crippen molar-refractivity contribution in [2.75, 3.05) is 13.7 Å². The number of benzene rings is 1. The van der Waals surface area contributed by atoms with E-state index in [-0.39, 0.29) is 17.4 Å². The Bertz CT molecular complexity index is 550. The van der Waals surface area contributed by atoms with Crippen molar-refractivity contribution in [3.05, 3.63) is 29.8 Å². The highest BCUT2D eigenvalue weighted by atomic mass is 32.2. The Hall–Kier alpha value is -1.44. The van der Waals surface area contributed by atoms with Gasteiger partial charge in [0.2, 0.25) is 10.0 Å². The van der Waals surface area contributed by atoms with Crippen LogP contribution in [0.1, 0.15) is 24.2 Å². The zero-order valence-electron chi connectivity index (χ0n) is 11.1. The summed E-state index contributed by atoms with van der Waals surface area (Å²) in [5.41, 5.74) is -0.568. The second-order valence-corrected chi connectivity index (χ2v) is 6.43. The van der Waals surface area contributed by atoms with Crippen LogP contribution in [0.2, 0.25) is 0 Å². The molecule has 0 unspecified atom stereocenters. The summed E-state index contributed by atoms with van der Waals surface area (Å²) in [5.74, 6) is -0.285. The fraction of sp³-hybridized carbons (Fsp3) is 0.417. The predicted molar refractivity (Wildman–Crippen MR) is 71.3 cm³/mol. The molecule has 106 valence electrons. The SMILES string of the molecule is CNC(=O)c1ccc(S(=O)(=O)NC(C)(C)CO)cc1. The Labute approximate surface area is 112 Å². The van der Waals surface area contributed by atoms with E-state index in [1.54, 1.807) is 13.8 Å². The Kier molecular flexibility index (Phi) is 4.67. The molecule has 19 heavy (non-hydrogen) atoms. The van der Waals surface area contributed by atoms with Gasteiger partial charge in [-0.05, 0) is 38.1 Å². The van der Waals surface area contributed by atoms with Crippen LogP contribution >= 0.6 is 0 Å². The van der Waals surface area contributed by atoms with E-state index in [0.29, 0.717) is 5.56 Å². The second-order valence-electron chi connectivity index (χ2n) is 4.75. The molecule has 0 aliphatic heterocycles. The van der Waals surface area contributed by atoms with Gasteiger partial charge in [0, 0.05) is 12.6 Å². The fourth-order valence-corrected chi connectivity index (χ4v) is 2.79. The maximum absolute atomic E-state index is 12.0. The van der Waals surface area contributed by atoms with Gasteiger partial charge in [0.05, 0.1) is 17.0 Å². The van der Waals surface area contributed by atoms with E-state index in [0.717, 1.165) is 0 Å². The van der Waals surface area contributed by atoms with Crippen LogP contribution in [0.25, 0.3) is 0 Å². The third-order valence-corrected chi connectivity index (χ3v) is 4.17. The molecule has 0 heterocycles. The molecular weight excluding hydrogens is 268 g/mol. The lowest BCUT2D eigenvalue weighted by atomic mass is 10.1. The summed E-state index contributed by atoms with van der Waals surface area (Å²) in [6.07, 6.45) is 0. The van der Waals surface area contributed by atoms with Crippen molar-refractivity contribution in [2.45, 2.75) is 24.3 Å². The lowest BCUT2D eigenvalue weighted by molar-refractivity contribution is 0.0963. The Morgan fingerprint density at radius 1 is 1.26 bits per heavy atom. The molecule has 3 N–H and O–H groups in total. The normalized spacial score (nSPS) is 12.2. The second kappa shape index (κ2) is 5.68. The molecule has 1 amide bonds. The van der Waals surface area contributed by atoms with Gasteiger partial charge in [-0.2, -0.15) is 0 Å². The quantitative estimate of drug-likeness (QED) is 0.715. The molecule has 7 heteroatoms. The first-order chi connectivity index (χ1) is 8.72. The minimum Gasteiger partial charge on any atom is -0.394 e. The monoisotopic (exact) mass is 286 g/mol. The van der Waals surface area contributed by atoms with Crippen LogP contribution in [-0.4, -0.2) is 38.6 Å². The van der Waals surface area contributed by atoms with Crippen LogP contribution in [0.3, 0.4) is 0 Å². The van der Waals surface area contributed by atoms with E-state index in [4.69, 9.17) is 5.11 Å². The first-order valence-corrected chi connectivity index (χ1v) is 7.17. The average Bonchev–Trinajstić information content (AvgIpc) is 2.37. The van der Waals surface area contributed by atoms with Crippen LogP contribution in [-0.2, 0) is 10.0 Å². The van der Waals surface area contributed by atoms with Crippen molar-refractivity contribution < 1.29 is 18.3 Å². The first kappa shape index (κ1) is 15.6.